The van der Waals surface area contributed by atoms with Crippen LogP contribution in [0.15, 0.2) is 0 Å². The summed E-state index contributed by atoms with van der Waals surface area (Å²) in [5.74, 6) is -0.978. The average Bonchev–Trinajstić information content (AvgIpc) is 2.38. The summed E-state index contributed by atoms with van der Waals surface area (Å²) < 4.78 is 0. The Kier molecular flexibility index (Phi) is 8.90. The summed E-state index contributed by atoms with van der Waals surface area (Å²) in [6.07, 6.45) is -6.64. The summed E-state index contributed by atoms with van der Waals surface area (Å²) in [5, 5.41) is 39.9. The Morgan fingerprint density at radius 1 is 1.10 bits per heavy atom. The van der Waals surface area contributed by atoms with Crippen LogP contribution in [0.1, 0.15) is 6.42 Å². The Hall–Kier alpha value is -0.163. The third-order valence-electron chi connectivity index (χ3n) is 2.57. The van der Waals surface area contributed by atoms with E-state index in [1.165, 1.54) is 0 Å². The van der Waals surface area contributed by atoms with Crippen molar-refractivity contribution in [2.75, 3.05) is 12.7 Å². The van der Waals surface area contributed by atoms with Crippen LogP contribution in [0.25, 0.3) is 0 Å². The second kappa shape index (κ2) is 8.98. The zero-order valence-corrected chi connectivity index (χ0v) is 12.9. The summed E-state index contributed by atoms with van der Waals surface area (Å²) in [6, 6.07) is -0.277. The van der Waals surface area contributed by atoms with E-state index in [1.807, 2.05) is 0 Å². The van der Waals surface area contributed by atoms with Gasteiger partial charge in [0.25, 0.3) is 14.7 Å². The number of carbonyl (C=O) groups excluding carboxylic acids is 1. The lowest BCUT2D eigenvalue weighted by atomic mass is 10.0. The first kappa shape index (κ1) is 19.8. The first-order valence-corrected chi connectivity index (χ1v) is 8.84. The number of hydrogen-bond acceptors (Lipinski definition) is 8. The van der Waals surface area contributed by atoms with Gasteiger partial charge in [-0.25, -0.2) is 0 Å². The highest BCUT2D eigenvalue weighted by Gasteiger charge is 2.33. The zero-order chi connectivity index (χ0) is 15.9. The topological polar surface area (TPSA) is 171 Å². The monoisotopic (exact) mass is 331 g/mol. The number of amides is 1. The summed E-state index contributed by atoms with van der Waals surface area (Å²) in [5.41, 5.74) is 0. The molecule has 0 radical (unpaired) electrons. The van der Waals surface area contributed by atoms with E-state index >= 15 is 0 Å². The second-order valence-corrected chi connectivity index (χ2v) is 6.92. The van der Waals surface area contributed by atoms with E-state index in [9.17, 15) is 25.2 Å². The van der Waals surface area contributed by atoms with Crippen LogP contribution in [-0.4, -0.2) is 86.6 Å². The van der Waals surface area contributed by atoms with Gasteiger partial charge in [0.2, 0.25) is 0 Å². The lowest BCUT2D eigenvalue weighted by Crippen LogP contribution is -2.51. The highest BCUT2D eigenvalue weighted by Crippen LogP contribution is 2.08. The molecule has 0 rings (SSSR count). The van der Waals surface area contributed by atoms with Crippen molar-refractivity contribution in [3.05, 3.63) is 0 Å². The van der Waals surface area contributed by atoms with Crippen LogP contribution in [0.3, 0.4) is 0 Å². The summed E-state index contributed by atoms with van der Waals surface area (Å²) in [6.45, 7) is -0.0542. The summed E-state index contributed by atoms with van der Waals surface area (Å²) in [4.78, 5) is 37.6. The van der Waals surface area contributed by atoms with Crippen LogP contribution >= 0.6 is 9.24 Å². The fraction of sp³-hybridized carbons (Fsp3) is 0.889. The molecule has 0 fully saturated rings. The highest BCUT2D eigenvalue weighted by molar-refractivity contribution is 7.16. The third-order valence-corrected chi connectivity index (χ3v) is 4.07. The lowest BCUT2D eigenvalue weighted by Gasteiger charge is -2.25. The van der Waals surface area contributed by atoms with E-state index in [1.54, 1.807) is 0 Å². The minimum absolute atomic E-state index is 0.0542. The Balaban J connectivity index is 4.14. The van der Waals surface area contributed by atoms with Gasteiger partial charge < -0.3 is 40.1 Å². The van der Waals surface area contributed by atoms with Gasteiger partial charge in [-0.15, -0.1) is 9.24 Å². The Labute approximate surface area is 119 Å². The van der Waals surface area contributed by atoms with Crippen LogP contribution in [0.4, 0.5) is 0 Å². The first-order chi connectivity index (χ1) is 9.10. The van der Waals surface area contributed by atoms with E-state index in [0.717, 1.165) is 0 Å². The first-order valence-electron chi connectivity index (χ1n) is 5.97. The summed E-state index contributed by atoms with van der Waals surface area (Å²) in [7, 11) is -2.01. The van der Waals surface area contributed by atoms with E-state index in [2.05, 4.69) is 14.6 Å². The van der Waals surface area contributed by atoms with Crippen molar-refractivity contribution < 1.29 is 39.6 Å². The fourth-order valence-corrected chi connectivity index (χ4v) is 2.28. The molecule has 0 aliphatic carbocycles. The van der Waals surface area contributed by atoms with Crippen LogP contribution in [0.5, 0.6) is 0 Å². The molecule has 0 aliphatic rings. The van der Waals surface area contributed by atoms with Gasteiger partial charge in [0.05, 0.1) is 6.10 Å². The predicted octanol–water partition coefficient (Wildman–Crippen LogP) is -4.27. The van der Waals surface area contributed by atoms with Crippen molar-refractivity contribution in [2.24, 2.45) is 0 Å². The van der Waals surface area contributed by atoms with Gasteiger partial charge in [-0.2, -0.15) is 0 Å². The van der Waals surface area contributed by atoms with Gasteiger partial charge in [-0.1, -0.05) is 12.5 Å². The number of nitrogens with one attached hydrogen (secondary N) is 1. The van der Waals surface area contributed by atoms with Crippen LogP contribution in [0, 0.1) is 0 Å². The molecular formula is C9H22NO8PSi-. The third kappa shape index (κ3) is 7.57. The van der Waals surface area contributed by atoms with Crippen molar-refractivity contribution in [1.29, 1.82) is 0 Å². The molecule has 11 heteroatoms. The van der Waals surface area contributed by atoms with E-state index in [4.69, 9.17) is 14.4 Å². The van der Waals surface area contributed by atoms with Gasteiger partial charge >= 0.3 is 0 Å². The van der Waals surface area contributed by atoms with Gasteiger partial charge in [0, 0.05) is 6.54 Å². The van der Waals surface area contributed by atoms with Crippen molar-refractivity contribution in [3.8, 4) is 0 Å². The van der Waals surface area contributed by atoms with Crippen molar-refractivity contribution in [1.82, 2.24) is 5.32 Å². The Bertz CT molecular complexity index is 302. The molecule has 0 aromatic carbocycles. The van der Waals surface area contributed by atoms with E-state index < -0.39 is 39.1 Å². The van der Waals surface area contributed by atoms with Gasteiger partial charge in [-0.05, 0) is 6.16 Å². The molecular weight excluding hydrogens is 309 g/mol. The Morgan fingerprint density at radius 2 is 1.65 bits per heavy atom. The molecule has 0 saturated carbocycles. The van der Waals surface area contributed by atoms with Crippen LogP contribution in [0.2, 0.25) is 6.04 Å². The minimum atomic E-state index is -4.15. The largest absolute Gasteiger partial charge is 0.539 e. The quantitative estimate of drug-likeness (QED) is 0.119. The molecule has 5 atom stereocenters. The molecule has 9 nitrogen and oxygen atoms in total. The molecule has 5 unspecified atom stereocenters. The molecule has 0 bridgehead atoms. The number of aliphatic hydroxyl groups excluding tert-OH is 4. The molecule has 20 heavy (non-hydrogen) atoms. The summed E-state index contributed by atoms with van der Waals surface area (Å²) >= 11 is 0. The number of aliphatic hydroxyl groups is 4. The molecule has 0 spiro atoms. The Morgan fingerprint density at radius 3 is 2.10 bits per heavy atom. The smallest absolute Gasteiger partial charge is 0.273 e. The van der Waals surface area contributed by atoms with Crippen molar-refractivity contribution in [3.63, 3.8) is 0 Å². The van der Waals surface area contributed by atoms with E-state index in [0.29, 0.717) is 0 Å². The molecule has 0 heterocycles. The maximum absolute atomic E-state index is 11.4. The number of carbonyl (C=O) groups is 1. The molecule has 0 aliphatic heterocycles. The fourth-order valence-electron chi connectivity index (χ4n) is 1.35. The second-order valence-electron chi connectivity index (χ2n) is 4.40. The predicted molar refractivity (Wildman–Crippen MR) is 73.4 cm³/mol. The number of hydrogen-bond donors (Lipinski definition) is 8. The standard InChI is InChI=1S/C9H22NO8PSi/c11-5(4-19)6(12)7(13)8(14)9(15)10-2-1-3-20(16,17)18/h5-8,11-14,16-18H,1-4,19H2,(H,10,15)/q-1. The lowest BCUT2D eigenvalue weighted by molar-refractivity contribution is -0.145. The maximum Gasteiger partial charge on any atom is 0.273 e. The van der Waals surface area contributed by atoms with Gasteiger partial charge in [0.15, 0.2) is 6.10 Å². The normalized spacial score (nSPS) is 18.2. The highest BCUT2D eigenvalue weighted by atomic mass is 31.0. The average molecular weight is 331 g/mol. The minimum Gasteiger partial charge on any atom is -0.539 e. The molecule has 0 aromatic heterocycles. The van der Waals surface area contributed by atoms with Gasteiger partial charge in [0.1, 0.15) is 12.2 Å². The maximum atomic E-state index is 11.4. The van der Waals surface area contributed by atoms with Crippen LogP contribution in [-0.2, 0) is 4.79 Å². The molecule has 1 amide bonds. The van der Waals surface area contributed by atoms with E-state index in [-0.39, 0.29) is 25.2 Å². The number of rotatable bonds is 9. The molecule has 8 N–H and O–H groups in total. The van der Waals surface area contributed by atoms with Gasteiger partial charge in [-0.3, -0.25) is 4.79 Å². The molecule has 0 aromatic rings. The SMILES string of the molecule is O=C(NCCC[Si-](O)(O)O)C(O)C(O)C(O)C(O)CP. The zero-order valence-electron chi connectivity index (χ0n) is 10.8. The van der Waals surface area contributed by atoms with Crippen LogP contribution < -0.4 is 5.32 Å². The molecule has 121 valence electrons. The molecule has 0 saturated heterocycles. The van der Waals surface area contributed by atoms with Crippen molar-refractivity contribution >= 4 is 24.0 Å². The van der Waals surface area contributed by atoms with Crippen molar-refractivity contribution in [2.45, 2.75) is 36.9 Å².